The standard InChI is InChI=1S/C12H14Cl2N4/c1-8(2)15-6-11-10(14)3-4-12(17-11)18-7-9(13)5-16-18/h3-5,7-8,15H,6H2,1-2H3. The van der Waals surface area contributed by atoms with Gasteiger partial charge in [0.05, 0.1) is 28.1 Å². The quantitative estimate of drug-likeness (QED) is 0.938. The molecule has 0 atom stereocenters. The minimum absolute atomic E-state index is 0.380. The molecule has 0 aliphatic rings. The maximum Gasteiger partial charge on any atom is 0.153 e. The number of nitrogens with one attached hydrogen (secondary N) is 1. The van der Waals surface area contributed by atoms with Crippen LogP contribution in [0.15, 0.2) is 24.5 Å². The Kier molecular flexibility index (Phi) is 4.22. The molecule has 18 heavy (non-hydrogen) atoms. The average molecular weight is 285 g/mol. The van der Waals surface area contributed by atoms with Gasteiger partial charge in [-0.3, -0.25) is 0 Å². The van der Waals surface area contributed by atoms with Gasteiger partial charge in [-0.05, 0) is 12.1 Å². The van der Waals surface area contributed by atoms with Crippen LogP contribution >= 0.6 is 23.2 Å². The monoisotopic (exact) mass is 284 g/mol. The van der Waals surface area contributed by atoms with Crippen LogP contribution in [0.3, 0.4) is 0 Å². The Labute approximate surface area is 116 Å². The molecular formula is C12H14Cl2N4. The molecule has 2 aromatic heterocycles. The van der Waals surface area contributed by atoms with Crippen molar-refractivity contribution in [2.24, 2.45) is 0 Å². The number of nitrogens with zero attached hydrogens (tertiary/aromatic N) is 3. The van der Waals surface area contributed by atoms with Gasteiger partial charge >= 0.3 is 0 Å². The van der Waals surface area contributed by atoms with E-state index in [2.05, 4.69) is 29.2 Å². The molecular weight excluding hydrogens is 271 g/mol. The zero-order chi connectivity index (χ0) is 13.1. The largest absolute Gasteiger partial charge is 0.309 e. The van der Waals surface area contributed by atoms with Gasteiger partial charge in [0.2, 0.25) is 0 Å². The molecule has 2 rings (SSSR count). The van der Waals surface area contributed by atoms with Crippen LogP contribution in [0.4, 0.5) is 0 Å². The number of hydrogen-bond donors (Lipinski definition) is 1. The van der Waals surface area contributed by atoms with Crippen molar-refractivity contribution in [3.63, 3.8) is 0 Å². The molecule has 2 heterocycles. The molecule has 1 N–H and O–H groups in total. The van der Waals surface area contributed by atoms with E-state index in [-0.39, 0.29) is 0 Å². The SMILES string of the molecule is CC(C)NCc1nc(-n2cc(Cl)cn2)ccc1Cl. The Morgan fingerprint density at radius 3 is 2.72 bits per heavy atom. The number of rotatable bonds is 4. The van der Waals surface area contributed by atoms with E-state index < -0.39 is 0 Å². The van der Waals surface area contributed by atoms with Gasteiger partial charge in [-0.25, -0.2) is 9.67 Å². The lowest BCUT2D eigenvalue weighted by Crippen LogP contribution is -2.22. The summed E-state index contributed by atoms with van der Waals surface area (Å²) in [4.78, 5) is 4.48. The molecule has 0 saturated heterocycles. The number of aromatic nitrogens is 3. The van der Waals surface area contributed by atoms with E-state index in [1.807, 2.05) is 12.1 Å². The molecule has 0 radical (unpaired) electrons. The topological polar surface area (TPSA) is 42.7 Å². The maximum absolute atomic E-state index is 6.11. The predicted molar refractivity (Wildman–Crippen MR) is 73.4 cm³/mol. The van der Waals surface area contributed by atoms with Gasteiger partial charge in [-0.15, -0.1) is 0 Å². The van der Waals surface area contributed by atoms with Crippen molar-refractivity contribution in [1.29, 1.82) is 0 Å². The van der Waals surface area contributed by atoms with Gasteiger partial charge in [-0.2, -0.15) is 5.10 Å². The van der Waals surface area contributed by atoms with E-state index in [4.69, 9.17) is 23.2 Å². The predicted octanol–water partition coefficient (Wildman–Crippen LogP) is 3.07. The van der Waals surface area contributed by atoms with Crippen LogP contribution in [0, 0.1) is 0 Å². The molecule has 96 valence electrons. The van der Waals surface area contributed by atoms with Crippen LogP contribution in [0.2, 0.25) is 10.0 Å². The van der Waals surface area contributed by atoms with E-state index in [1.165, 1.54) is 0 Å². The lowest BCUT2D eigenvalue weighted by atomic mass is 10.3. The number of halogens is 2. The molecule has 0 unspecified atom stereocenters. The zero-order valence-electron chi connectivity index (χ0n) is 10.2. The number of hydrogen-bond acceptors (Lipinski definition) is 3. The van der Waals surface area contributed by atoms with Crippen LogP contribution in [0.5, 0.6) is 0 Å². The highest BCUT2D eigenvalue weighted by molar-refractivity contribution is 6.31. The summed E-state index contributed by atoms with van der Waals surface area (Å²) >= 11 is 11.9. The lowest BCUT2D eigenvalue weighted by molar-refractivity contribution is 0.580. The van der Waals surface area contributed by atoms with Crippen molar-refractivity contribution < 1.29 is 0 Å². The van der Waals surface area contributed by atoms with E-state index in [1.54, 1.807) is 17.1 Å². The first kappa shape index (κ1) is 13.3. The van der Waals surface area contributed by atoms with Crippen molar-refractivity contribution in [2.75, 3.05) is 0 Å². The van der Waals surface area contributed by atoms with E-state index in [0.717, 1.165) is 5.69 Å². The molecule has 0 saturated carbocycles. The van der Waals surface area contributed by atoms with Gasteiger partial charge < -0.3 is 5.32 Å². The second-order valence-corrected chi connectivity index (χ2v) is 5.08. The first-order valence-electron chi connectivity index (χ1n) is 5.65. The second kappa shape index (κ2) is 5.69. The van der Waals surface area contributed by atoms with Crippen molar-refractivity contribution in [3.05, 3.63) is 40.3 Å². The highest BCUT2D eigenvalue weighted by Crippen LogP contribution is 2.17. The fourth-order valence-electron chi connectivity index (χ4n) is 1.45. The number of pyridine rings is 1. The van der Waals surface area contributed by atoms with Crippen molar-refractivity contribution >= 4 is 23.2 Å². The van der Waals surface area contributed by atoms with Crippen LogP contribution < -0.4 is 5.32 Å². The van der Waals surface area contributed by atoms with Crippen LogP contribution in [-0.4, -0.2) is 20.8 Å². The van der Waals surface area contributed by atoms with Crippen LogP contribution in [0.1, 0.15) is 19.5 Å². The van der Waals surface area contributed by atoms with Crippen molar-refractivity contribution in [2.45, 2.75) is 26.4 Å². The molecule has 0 fully saturated rings. The Hall–Kier alpha value is -1.10. The Morgan fingerprint density at radius 1 is 1.33 bits per heavy atom. The minimum atomic E-state index is 0.380. The third kappa shape index (κ3) is 3.22. The molecule has 0 aromatic carbocycles. The first-order chi connectivity index (χ1) is 8.56. The molecule has 6 heteroatoms. The summed E-state index contributed by atoms with van der Waals surface area (Å²) in [7, 11) is 0. The van der Waals surface area contributed by atoms with E-state index >= 15 is 0 Å². The first-order valence-corrected chi connectivity index (χ1v) is 6.41. The molecule has 0 aliphatic carbocycles. The molecule has 2 aromatic rings. The summed E-state index contributed by atoms with van der Waals surface area (Å²) in [6.45, 7) is 4.77. The van der Waals surface area contributed by atoms with Crippen LogP contribution in [-0.2, 0) is 6.54 Å². The summed E-state index contributed by atoms with van der Waals surface area (Å²) in [6.07, 6.45) is 3.28. The third-order valence-electron chi connectivity index (χ3n) is 2.37. The Morgan fingerprint density at radius 2 is 2.11 bits per heavy atom. The van der Waals surface area contributed by atoms with E-state index in [0.29, 0.717) is 28.4 Å². The summed E-state index contributed by atoms with van der Waals surface area (Å²) < 4.78 is 1.62. The van der Waals surface area contributed by atoms with Gasteiger partial charge in [0.1, 0.15) is 0 Å². The average Bonchev–Trinajstić information content (AvgIpc) is 2.74. The lowest BCUT2D eigenvalue weighted by Gasteiger charge is -2.10. The molecule has 0 amide bonds. The minimum Gasteiger partial charge on any atom is -0.309 e. The fourth-order valence-corrected chi connectivity index (χ4v) is 1.76. The highest BCUT2D eigenvalue weighted by Gasteiger charge is 2.07. The summed E-state index contributed by atoms with van der Waals surface area (Å²) in [5, 5.41) is 8.62. The van der Waals surface area contributed by atoms with E-state index in [9.17, 15) is 0 Å². The summed E-state index contributed by atoms with van der Waals surface area (Å²) in [5.41, 5.74) is 0.800. The maximum atomic E-state index is 6.11. The Bertz CT molecular complexity index is 537. The van der Waals surface area contributed by atoms with Crippen molar-refractivity contribution in [3.8, 4) is 5.82 Å². The normalized spacial score (nSPS) is 11.2. The van der Waals surface area contributed by atoms with Gasteiger partial charge in [0, 0.05) is 12.6 Å². The molecule has 0 bridgehead atoms. The molecule has 4 nitrogen and oxygen atoms in total. The van der Waals surface area contributed by atoms with Gasteiger partial charge in [0.15, 0.2) is 5.82 Å². The Balaban J connectivity index is 2.25. The van der Waals surface area contributed by atoms with Crippen LogP contribution in [0.25, 0.3) is 5.82 Å². The fraction of sp³-hybridized carbons (Fsp3) is 0.333. The van der Waals surface area contributed by atoms with Crippen molar-refractivity contribution in [1.82, 2.24) is 20.1 Å². The molecule has 0 aliphatic heterocycles. The summed E-state index contributed by atoms with van der Waals surface area (Å²) in [5.74, 6) is 0.701. The molecule has 0 spiro atoms. The highest BCUT2D eigenvalue weighted by atomic mass is 35.5. The third-order valence-corrected chi connectivity index (χ3v) is 2.91. The second-order valence-electron chi connectivity index (χ2n) is 4.24. The smallest absolute Gasteiger partial charge is 0.153 e. The van der Waals surface area contributed by atoms with Gasteiger partial charge in [-0.1, -0.05) is 37.0 Å². The zero-order valence-corrected chi connectivity index (χ0v) is 11.7. The summed E-state index contributed by atoms with van der Waals surface area (Å²) in [6, 6.07) is 4.01. The van der Waals surface area contributed by atoms with Gasteiger partial charge in [0.25, 0.3) is 0 Å².